The fourth-order valence-electron chi connectivity index (χ4n) is 1.93. The predicted molar refractivity (Wildman–Crippen MR) is 88.9 cm³/mol. The van der Waals surface area contributed by atoms with Gasteiger partial charge in [0.05, 0.1) is 5.69 Å². The summed E-state index contributed by atoms with van der Waals surface area (Å²) in [6.07, 6.45) is 1.63. The molecule has 22 heavy (non-hydrogen) atoms. The molecule has 0 saturated carbocycles. The van der Waals surface area contributed by atoms with Crippen LogP contribution in [0.15, 0.2) is 55.1 Å². The molecular formula is C18H20N2O2. The minimum absolute atomic E-state index is 0.184. The van der Waals surface area contributed by atoms with Crippen molar-refractivity contribution in [3.05, 3.63) is 71.8 Å². The van der Waals surface area contributed by atoms with E-state index in [4.69, 9.17) is 10.5 Å². The third kappa shape index (κ3) is 4.12. The molecule has 1 amide bonds. The van der Waals surface area contributed by atoms with Gasteiger partial charge in [0.1, 0.15) is 12.4 Å². The van der Waals surface area contributed by atoms with Gasteiger partial charge in [0, 0.05) is 12.1 Å². The van der Waals surface area contributed by atoms with Crippen LogP contribution in [0, 0.1) is 6.92 Å². The fourth-order valence-corrected chi connectivity index (χ4v) is 1.93. The van der Waals surface area contributed by atoms with Crippen LogP contribution in [0.3, 0.4) is 0 Å². The average Bonchev–Trinajstić information content (AvgIpc) is 2.53. The lowest BCUT2D eigenvalue weighted by Gasteiger charge is -2.11. The zero-order valence-corrected chi connectivity index (χ0v) is 12.6. The van der Waals surface area contributed by atoms with Gasteiger partial charge in [0.2, 0.25) is 0 Å². The van der Waals surface area contributed by atoms with E-state index in [-0.39, 0.29) is 5.91 Å². The summed E-state index contributed by atoms with van der Waals surface area (Å²) in [4.78, 5) is 11.8. The maximum Gasteiger partial charge on any atom is 0.251 e. The Morgan fingerprint density at radius 2 is 2.00 bits per heavy atom. The Kier molecular flexibility index (Phi) is 5.20. The molecular weight excluding hydrogens is 276 g/mol. The van der Waals surface area contributed by atoms with Crippen molar-refractivity contribution in [1.29, 1.82) is 0 Å². The fraction of sp³-hybridized carbons (Fsp3) is 0.167. The van der Waals surface area contributed by atoms with Crippen LogP contribution in [0.1, 0.15) is 21.5 Å². The number of carbonyl (C=O) groups excluding carboxylic acids is 1. The number of anilines is 1. The quantitative estimate of drug-likeness (QED) is 0.636. The minimum atomic E-state index is -0.184. The molecule has 0 radical (unpaired) electrons. The lowest BCUT2D eigenvalue weighted by atomic mass is 10.1. The van der Waals surface area contributed by atoms with Crippen LogP contribution in [-0.2, 0) is 6.61 Å². The highest BCUT2D eigenvalue weighted by molar-refractivity contribution is 5.95. The average molecular weight is 296 g/mol. The first kappa shape index (κ1) is 15.6. The molecule has 2 aromatic rings. The van der Waals surface area contributed by atoms with Crippen LogP contribution < -0.4 is 15.8 Å². The molecule has 0 aromatic heterocycles. The summed E-state index contributed by atoms with van der Waals surface area (Å²) in [7, 11) is 0. The number of nitrogens with one attached hydrogen (secondary N) is 1. The third-order valence-electron chi connectivity index (χ3n) is 3.19. The number of rotatable bonds is 6. The second-order valence-electron chi connectivity index (χ2n) is 5.03. The van der Waals surface area contributed by atoms with E-state index < -0.39 is 0 Å². The van der Waals surface area contributed by atoms with Gasteiger partial charge in [0.25, 0.3) is 5.91 Å². The van der Waals surface area contributed by atoms with Gasteiger partial charge in [-0.15, -0.1) is 6.58 Å². The molecule has 0 bridgehead atoms. The van der Waals surface area contributed by atoms with Crippen LogP contribution >= 0.6 is 0 Å². The molecule has 0 spiro atoms. The first-order valence-corrected chi connectivity index (χ1v) is 7.07. The number of nitrogens with two attached hydrogens (primary N) is 1. The number of aryl methyl sites for hydroxylation is 1. The van der Waals surface area contributed by atoms with Crippen molar-refractivity contribution in [1.82, 2.24) is 5.32 Å². The lowest BCUT2D eigenvalue weighted by Crippen LogP contribution is -2.23. The van der Waals surface area contributed by atoms with Gasteiger partial charge >= 0.3 is 0 Å². The molecule has 0 saturated heterocycles. The largest absolute Gasteiger partial charge is 0.487 e. The van der Waals surface area contributed by atoms with Crippen LogP contribution in [-0.4, -0.2) is 12.5 Å². The summed E-state index contributed by atoms with van der Waals surface area (Å²) >= 11 is 0. The molecule has 2 aromatic carbocycles. The highest BCUT2D eigenvalue weighted by Gasteiger charge is 2.08. The molecule has 4 heteroatoms. The van der Waals surface area contributed by atoms with Crippen molar-refractivity contribution >= 4 is 11.6 Å². The zero-order chi connectivity index (χ0) is 15.9. The number of carbonyl (C=O) groups is 1. The summed E-state index contributed by atoms with van der Waals surface area (Å²) < 4.78 is 5.71. The summed E-state index contributed by atoms with van der Waals surface area (Å²) in [5.74, 6) is 0.387. The Bertz CT molecular complexity index is 663. The van der Waals surface area contributed by atoms with E-state index in [0.29, 0.717) is 30.2 Å². The number of hydrogen-bond acceptors (Lipinski definition) is 3. The SMILES string of the molecule is C=CCNC(=O)c1ccc(OCc2ccc(C)cc2)c(N)c1. The molecule has 2 rings (SSSR count). The maximum absolute atomic E-state index is 11.8. The first-order valence-electron chi connectivity index (χ1n) is 7.07. The van der Waals surface area contributed by atoms with E-state index in [2.05, 4.69) is 11.9 Å². The Morgan fingerprint density at radius 3 is 2.64 bits per heavy atom. The maximum atomic E-state index is 11.8. The smallest absolute Gasteiger partial charge is 0.251 e. The molecule has 0 atom stereocenters. The van der Waals surface area contributed by atoms with Crippen molar-refractivity contribution in [2.75, 3.05) is 12.3 Å². The Hall–Kier alpha value is -2.75. The second-order valence-corrected chi connectivity index (χ2v) is 5.03. The Morgan fingerprint density at radius 1 is 1.27 bits per heavy atom. The number of nitrogen functional groups attached to an aromatic ring is 1. The van der Waals surface area contributed by atoms with Gasteiger partial charge in [-0.2, -0.15) is 0 Å². The second kappa shape index (κ2) is 7.31. The zero-order valence-electron chi connectivity index (χ0n) is 12.6. The van der Waals surface area contributed by atoms with E-state index in [0.717, 1.165) is 5.56 Å². The molecule has 0 fully saturated rings. The van der Waals surface area contributed by atoms with Gasteiger partial charge in [-0.25, -0.2) is 0 Å². The molecule has 4 nitrogen and oxygen atoms in total. The van der Waals surface area contributed by atoms with Crippen LogP contribution in [0.5, 0.6) is 5.75 Å². The predicted octanol–water partition coefficient (Wildman–Crippen LogP) is 3.07. The van der Waals surface area contributed by atoms with E-state index in [9.17, 15) is 4.79 Å². The summed E-state index contributed by atoms with van der Waals surface area (Å²) in [5.41, 5.74) is 9.17. The molecule has 3 N–H and O–H groups in total. The third-order valence-corrected chi connectivity index (χ3v) is 3.19. The molecule has 0 aliphatic rings. The highest BCUT2D eigenvalue weighted by Crippen LogP contribution is 2.23. The molecule has 0 aliphatic carbocycles. The van der Waals surface area contributed by atoms with Crippen molar-refractivity contribution in [2.24, 2.45) is 0 Å². The van der Waals surface area contributed by atoms with E-state index >= 15 is 0 Å². The standard InChI is InChI=1S/C18H20N2O2/c1-3-10-20-18(21)15-8-9-17(16(19)11-15)22-12-14-6-4-13(2)5-7-14/h3-9,11H,1,10,12,19H2,2H3,(H,20,21). The van der Waals surface area contributed by atoms with E-state index in [1.165, 1.54) is 5.56 Å². The van der Waals surface area contributed by atoms with Gasteiger partial charge in [-0.1, -0.05) is 35.9 Å². The van der Waals surface area contributed by atoms with Gasteiger partial charge in [0.15, 0.2) is 0 Å². The Balaban J connectivity index is 2.01. The van der Waals surface area contributed by atoms with Crippen LogP contribution in [0.2, 0.25) is 0 Å². The van der Waals surface area contributed by atoms with Crippen molar-refractivity contribution < 1.29 is 9.53 Å². The van der Waals surface area contributed by atoms with Crippen molar-refractivity contribution in [3.63, 3.8) is 0 Å². The molecule has 0 unspecified atom stereocenters. The van der Waals surface area contributed by atoms with Crippen molar-refractivity contribution in [2.45, 2.75) is 13.5 Å². The highest BCUT2D eigenvalue weighted by atomic mass is 16.5. The Labute approximate surface area is 130 Å². The summed E-state index contributed by atoms with van der Waals surface area (Å²) in [6, 6.07) is 13.1. The number of amides is 1. The molecule has 114 valence electrons. The number of ether oxygens (including phenoxy) is 1. The van der Waals surface area contributed by atoms with Crippen LogP contribution in [0.4, 0.5) is 5.69 Å². The lowest BCUT2D eigenvalue weighted by molar-refractivity contribution is 0.0958. The number of hydrogen-bond donors (Lipinski definition) is 2. The normalized spacial score (nSPS) is 10.0. The molecule has 0 heterocycles. The summed E-state index contributed by atoms with van der Waals surface area (Å²) in [5, 5.41) is 2.71. The first-order chi connectivity index (χ1) is 10.6. The van der Waals surface area contributed by atoms with Crippen LogP contribution in [0.25, 0.3) is 0 Å². The van der Waals surface area contributed by atoms with Gasteiger partial charge in [-0.05, 0) is 30.7 Å². The topological polar surface area (TPSA) is 64.3 Å². The van der Waals surface area contributed by atoms with Gasteiger partial charge in [-0.3, -0.25) is 4.79 Å². The summed E-state index contributed by atoms with van der Waals surface area (Å²) in [6.45, 7) is 6.46. The van der Waals surface area contributed by atoms with Gasteiger partial charge < -0.3 is 15.8 Å². The van der Waals surface area contributed by atoms with E-state index in [1.54, 1.807) is 24.3 Å². The minimum Gasteiger partial charge on any atom is -0.487 e. The van der Waals surface area contributed by atoms with Crippen molar-refractivity contribution in [3.8, 4) is 5.75 Å². The number of benzene rings is 2. The monoisotopic (exact) mass is 296 g/mol. The van der Waals surface area contributed by atoms with E-state index in [1.807, 2.05) is 31.2 Å². The molecule has 0 aliphatic heterocycles.